The Hall–Kier alpha value is -0.0500. The van der Waals surface area contributed by atoms with Crippen molar-refractivity contribution in [2.45, 2.75) is 66.3 Å². The first-order chi connectivity index (χ1) is 7.64. The van der Waals surface area contributed by atoms with Gasteiger partial charge in [0.15, 0.2) is 0 Å². The quantitative estimate of drug-likeness (QED) is 0.735. The SMILES string of the molecule is CCC(C)(CCBr)NC(=O)CC(C)C(C)(C)C. The van der Waals surface area contributed by atoms with E-state index in [9.17, 15) is 4.79 Å². The van der Waals surface area contributed by atoms with Crippen molar-refractivity contribution in [1.82, 2.24) is 5.32 Å². The topological polar surface area (TPSA) is 29.1 Å². The third kappa shape index (κ3) is 6.44. The molecule has 0 saturated heterocycles. The van der Waals surface area contributed by atoms with Gasteiger partial charge in [-0.2, -0.15) is 0 Å². The van der Waals surface area contributed by atoms with Crippen LogP contribution in [0.2, 0.25) is 0 Å². The molecule has 3 heteroatoms. The van der Waals surface area contributed by atoms with Crippen LogP contribution in [-0.4, -0.2) is 16.8 Å². The van der Waals surface area contributed by atoms with Crippen LogP contribution in [0.3, 0.4) is 0 Å². The normalized spacial score (nSPS) is 17.4. The Labute approximate surface area is 115 Å². The summed E-state index contributed by atoms with van der Waals surface area (Å²) in [5.74, 6) is 0.574. The molecule has 0 heterocycles. The number of hydrogen-bond acceptors (Lipinski definition) is 1. The fourth-order valence-corrected chi connectivity index (χ4v) is 2.38. The monoisotopic (exact) mass is 305 g/mol. The predicted molar refractivity (Wildman–Crippen MR) is 78.5 cm³/mol. The summed E-state index contributed by atoms with van der Waals surface area (Å²) in [5, 5.41) is 4.10. The highest BCUT2D eigenvalue weighted by molar-refractivity contribution is 9.09. The van der Waals surface area contributed by atoms with Crippen molar-refractivity contribution in [2.24, 2.45) is 11.3 Å². The second-order valence-corrected chi connectivity index (χ2v) is 7.17. The van der Waals surface area contributed by atoms with Gasteiger partial charge < -0.3 is 5.32 Å². The van der Waals surface area contributed by atoms with Crippen molar-refractivity contribution in [3.8, 4) is 0 Å². The van der Waals surface area contributed by atoms with Gasteiger partial charge in [0.1, 0.15) is 0 Å². The van der Waals surface area contributed by atoms with Gasteiger partial charge >= 0.3 is 0 Å². The minimum Gasteiger partial charge on any atom is -0.351 e. The highest BCUT2D eigenvalue weighted by Gasteiger charge is 2.27. The lowest BCUT2D eigenvalue weighted by Gasteiger charge is -2.32. The molecule has 17 heavy (non-hydrogen) atoms. The van der Waals surface area contributed by atoms with Crippen LogP contribution >= 0.6 is 15.9 Å². The summed E-state index contributed by atoms with van der Waals surface area (Å²) in [6, 6.07) is 0. The van der Waals surface area contributed by atoms with Gasteiger partial charge in [0.2, 0.25) is 5.91 Å². The van der Waals surface area contributed by atoms with E-state index in [1.54, 1.807) is 0 Å². The molecular formula is C14H28BrNO. The zero-order valence-corrected chi connectivity index (χ0v) is 13.8. The Morgan fingerprint density at radius 3 is 2.18 bits per heavy atom. The van der Waals surface area contributed by atoms with Crippen molar-refractivity contribution < 1.29 is 4.79 Å². The molecule has 1 N–H and O–H groups in total. The third-order valence-electron chi connectivity index (χ3n) is 3.84. The van der Waals surface area contributed by atoms with Crippen LogP contribution in [0, 0.1) is 11.3 Å². The summed E-state index contributed by atoms with van der Waals surface area (Å²) < 4.78 is 0. The van der Waals surface area contributed by atoms with Gasteiger partial charge in [-0.25, -0.2) is 0 Å². The lowest BCUT2D eigenvalue weighted by Crippen LogP contribution is -2.46. The number of amides is 1. The first kappa shape index (κ1) is 16.9. The minimum atomic E-state index is -0.0712. The Balaban J connectivity index is 4.35. The zero-order valence-electron chi connectivity index (χ0n) is 12.2. The van der Waals surface area contributed by atoms with Crippen molar-refractivity contribution >= 4 is 21.8 Å². The van der Waals surface area contributed by atoms with Crippen molar-refractivity contribution in [3.63, 3.8) is 0 Å². The number of alkyl halides is 1. The smallest absolute Gasteiger partial charge is 0.220 e. The molecule has 0 aromatic heterocycles. The van der Waals surface area contributed by atoms with Crippen LogP contribution in [0.5, 0.6) is 0 Å². The Bertz CT molecular complexity index is 247. The number of halogens is 1. The van der Waals surface area contributed by atoms with Crippen LogP contribution in [-0.2, 0) is 4.79 Å². The van der Waals surface area contributed by atoms with E-state index in [4.69, 9.17) is 0 Å². The number of rotatable bonds is 6. The highest BCUT2D eigenvalue weighted by Crippen LogP contribution is 2.28. The molecule has 0 aliphatic rings. The lowest BCUT2D eigenvalue weighted by atomic mass is 9.80. The Kier molecular flexibility index (Phi) is 6.75. The summed E-state index contributed by atoms with van der Waals surface area (Å²) >= 11 is 3.45. The van der Waals surface area contributed by atoms with Gasteiger partial charge in [-0.1, -0.05) is 50.5 Å². The van der Waals surface area contributed by atoms with E-state index in [-0.39, 0.29) is 16.9 Å². The van der Waals surface area contributed by atoms with Gasteiger partial charge in [-0.3, -0.25) is 4.79 Å². The molecule has 0 rings (SSSR count). The van der Waals surface area contributed by atoms with Gasteiger partial charge in [0.25, 0.3) is 0 Å². The molecule has 102 valence electrons. The number of hydrogen-bond donors (Lipinski definition) is 1. The van der Waals surface area contributed by atoms with E-state index >= 15 is 0 Å². The Morgan fingerprint density at radius 2 is 1.82 bits per heavy atom. The maximum Gasteiger partial charge on any atom is 0.220 e. The summed E-state index contributed by atoms with van der Waals surface area (Å²) in [7, 11) is 0. The molecule has 2 nitrogen and oxygen atoms in total. The van der Waals surface area contributed by atoms with Gasteiger partial charge in [0.05, 0.1) is 0 Å². The number of carbonyl (C=O) groups is 1. The van der Waals surface area contributed by atoms with Crippen LogP contribution < -0.4 is 5.32 Å². The minimum absolute atomic E-state index is 0.0712. The molecule has 0 bridgehead atoms. The van der Waals surface area contributed by atoms with E-state index < -0.39 is 0 Å². The van der Waals surface area contributed by atoms with Crippen molar-refractivity contribution in [1.29, 1.82) is 0 Å². The van der Waals surface area contributed by atoms with E-state index in [0.717, 1.165) is 18.2 Å². The average Bonchev–Trinajstić information content (AvgIpc) is 2.16. The summed E-state index contributed by atoms with van der Waals surface area (Å²) in [6.45, 7) is 12.9. The molecule has 1 amide bonds. The van der Waals surface area contributed by atoms with E-state index in [1.807, 2.05) is 0 Å². The molecule has 2 atom stereocenters. The molecule has 0 fully saturated rings. The van der Waals surface area contributed by atoms with E-state index in [2.05, 4.69) is 62.8 Å². The van der Waals surface area contributed by atoms with Crippen molar-refractivity contribution in [3.05, 3.63) is 0 Å². The van der Waals surface area contributed by atoms with Gasteiger partial charge in [-0.15, -0.1) is 0 Å². The molecule has 2 unspecified atom stereocenters. The van der Waals surface area contributed by atoms with Crippen LogP contribution in [0.15, 0.2) is 0 Å². The van der Waals surface area contributed by atoms with Crippen molar-refractivity contribution in [2.75, 3.05) is 5.33 Å². The predicted octanol–water partition coefficient (Wildman–Crippen LogP) is 4.13. The molecule has 0 aromatic rings. The summed E-state index contributed by atoms with van der Waals surface area (Å²) in [5.41, 5.74) is 0.119. The maximum absolute atomic E-state index is 12.0. The van der Waals surface area contributed by atoms with Gasteiger partial charge in [0, 0.05) is 17.3 Å². The molecule has 0 aromatic carbocycles. The summed E-state index contributed by atoms with van der Waals surface area (Å²) in [6.07, 6.45) is 2.55. The second-order valence-electron chi connectivity index (χ2n) is 6.37. The van der Waals surface area contributed by atoms with Crippen LogP contribution in [0.25, 0.3) is 0 Å². The number of carbonyl (C=O) groups excluding carboxylic acids is 1. The molecular weight excluding hydrogens is 278 g/mol. The standard InChI is InChI=1S/C14H28BrNO/c1-7-14(6,8-9-15)16-12(17)10-11(2)13(3,4)5/h11H,7-10H2,1-6H3,(H,16,17). The molecule has 0 saturated carbocycles. The van der Waals surface area contributed by atoms with Gasteiger partial charge in [-0.05, 0) is 31.1 Å². The van der Waals surface area contributed by atoms with E-state index in [1.165, 1.54) is 0 Å². The summed E-state index contributed by atoms with van der Waals surface area (Å²) in [4.78, 5) is 12.0. The molecule has 0 aliphatic carbocycles. The molecule has 0 radical (unpaired) electrons. The Morgan fingerprint density at radius 1 is 1.29 bits per heavy atom. The highest BCUT2D eigenvalue weighted by atomic mass is 79.9. The molecule has 0 spiro atoms. The lowest BCUT2D eigenvalue weighted by molar-refractivity contribution is -0.124. The fourth-order valence-electron chi connectivity index (χ4n) is 1.51. The van der Waals surface area contributed by atoms with Crippen LogP contribution in [0.4, 0.5) is 0 Å². The second kappa shape index (κ2) is 6.77. The maximum atomic E-state index is 12.0. The first-order valence-electron chi connectivity index (χ1n) is 6.51. The number of nitrogens with one attached hydrogen (secondary N) is 1. The van der Waals surface area contributed by atoms with Crippen LogP contribution in [0.1, 0.15) is 60.8 Å². The van der Waals surface area contributed by atoms with E-state index in [0.29, 0.717) is 12.3 Å². The average molecular weight is 306 g/mol. The molecule has 0 aliphatic heterocycles. The fraction of sp³-hybridized carbons (Fsp3) is 0.929. The first-order valence-corrected chi connectivity index (χ1v) is 7.63. The zero-order chi connectivity index (χ0) is 13.7. The largest absolute Gasteiger partial charge is 0.351 e. The third-order valence-corrected chi connectivity index (χ3v) is 4.23.